The summed E-state index contributed by atoms with van der Waals surface area (Å²) in [7, 11) is 0. The van der Waals surface area contributed by atoms with Crippen LogP contribution < -0.4 is 10.6 Å². The average Bonchev–Trinajstić information content (AvgIpc) is 3.28. The molecule has 0 fully saturated rings. The van der Waals surface area contributed by atoms with E-state index in [2.05, 4.69) is 34.9 Å². The lowest BCUT2D eigenvalue weighted by atomic mass is 9.83. The molecule has 1 atom stereocenters. The Kier molecular flexibility index (Phi) is 5.97. The van der Waals surface area contributed by atoms with Crippen LogP contribution in [0.3, 0.4) is 0 Å². The standard InChI is InChI=1S/C23H21ClN2O2S/c24-19-11-10-16(13-20(19)26-23(28)21-9-4-12-29-21)22(27)25-14-17-7-3-6-15-5-1-2-8-18(15)17/h1-2,4-5,8-13,17H,3,6-7,14H2,(H,25,27)(H,26,28). The molecule has 1 aliphatic rings. The van der Waals surface area contributed by atoms with Crippen LogP contribution in [0.15, 0.2) is 60.0 Å². The highest BCUT2D eigenvalue weighted by atomic mass is 35.5. The maximum atomic E-state index is 12.7. The molecule has 4 nitrogen and oxygen atoms in total. The number of hydrogen-bond donors (Lipinski definition) is 2. The fourth-order valence-electron chi connectivity index (χ4n) is 3.74. The topological polar surface area (TPSA) is 58.2 Å². The van der Waals surface area contributed by atoms with E-state index in [0.717, 1.165) is 19.3 Å². The lowest BCUT2D eigenvalue weighted by Crippen LogP contribution is -2.30. The molecule has 1 heterocycles. The number of carbonyl (C=O) groups is 2. The van der Waals surface area contributed by atoms with Gasteiger partial charge in [-0.1, -0.05) is 41.9 Å². The van der Waals surface area contributed by atoms with E-state index in [1.54, 1.807) is 24.3 Å². The van der Waals surface area contributed by atoms with Crippen LogP contribution in [0.25, 0.3) is 0 Å². The van der Waals surface area contributed by atoms with Crippen molar-refractivity contribution in [1.29, 1.82) is 0 Å². The van der Waals surface area contributed by atoms with Crippen LogP contribution in [0.2, 0.25) is 5.02 Å². The fraction of sp³-hybridized carbons (Fsp3) is 0.217. The second-order valence-electron chi connectivity index (χ2n) is 7.12. The van der Waals surface area contributed by atoms with Gasteiger partial charge in [-0.05, 0) is 60.0 Å². The number of carbonyl (C=O) groups excluding carboxylic acids is 2. The van der Waals surface area contributed by atoms with Crippen LogP contribution in [-0.2, 0) is 6.42 Å². The first-order chi connectivity index (χ1) is 14.1. The Labute approximate surface area is 178 Å². The lowest BCUT2D eigenvalue weighted by Gasteiger charge is -2.25. The molecule has 0 radical (unpaired) electrons. The molecule has 29 heavy (non-hydrogen) atoms. The number of thiophene rings is 1. The lowest BCUT2D eigenvalue weighted by molar-refractivity contribution is 0.0949. The van der Waals surface area contributed by atoms with Gasteiger partial charge in [0.2, 0.25) is 0 Å². The predicted octanol–water partition coefficient (Wildman–Crippen LogP) is 5.50. The third-order valence-electron chi connectivity index (χ3n) is 5.22. The summed E-state index contributed by atoms with van der Waals surface area (Å²) in [5, 5.41) is 8.06. The number of hydrogen-bond acceptors (Lipinski definition) is 3. The average molecular weight is 425 g/mol. The number of benzene rings is 2. The molecule has 4 rings (SSSR count). The molecule has 2 N–H and O–H groups in total. The van der Waals surface area contributed by atoms with E-state index in [0.29, 0.717) is 33.6 Å². The summed E-state index contributed by atoms with van der Waals surface area (Å²) in [6.07, 6.45) is 3.31. The van der Waals surface area contributed by atoms with Gasteiger partial charge in [0.15, 0.2) is 0 Å². The molecule has 2 amide bonds. The minimum atomic E-state index is -0.238. The molecule has 1 aliphatic carbocycles. The number of amides is 2. The minimum absolute atomic E-state index is 0.170. The Morgan fingerprint density at radius 2 is 1.93 bits per heavy atom. The summed E-state index contributed by atoms with van der Waals surface area (Å²) >= 11 is 7.57. The van der Waals surface area contributed by atoms with Crippen molar-refractivity contribution in [2.75, 3.05) is 11.9 Å². The van der Waals surface area contributed by atoms with E-state index in [9.17, 15) is 9.59 Å². The highest BCUT2D eigenvalue weighted by Gasteiger charge is 2.21. The molecular formula is C23H21ClN2O2S. The van der Waals surface area contributed by atoms with Gasteiger partial charge in [0.05, 0.1) is 15.6 Å². The van der Waals surface area contributed by atoms with E-state index >= 15 is 0 Å². The molecule has 0 aliphatic heterocycles. The molecule has 2 aromatic carbocycles. The number of nitrogens with one attached hydrogen (secondary N) is 2. The number of anilines is 1. The van der Waals surface area contributed by atoms with Crippen molar-refractivity contribution in [3.05, 3.63) is 86.6 Å². The van der Waals surface area contributed by atoms with E-state index in [4.69, 9.17) is 11.6 Å². The summed E-state index contributed by atoms with van der Waals surface area (Å²) in [4.78, 5) is 25.6. The van der Waals surface area contributed by atoms with Gasteiger partial charge < -0.3 is 10.6 Å². The molecule has 1 unspecified atom stereocenters. The Balaban J connectivity index is 1.43. The third-order valence-corrected chi connectivity index (χ3v) is 6.42. The van der Waals surface area contributed by atoms with E-state index < -0.39 is 0 Å². The van der Waals surface area contributed by atoms with Gasteiger partial charge in [0, 0.05) is 18.0 Å². The van der Waals surface area contributed by atoms with Crippen molar-refractivity contribution in [1.82, 2.24) is 5.32 Å². The first-order valence-electron chi connectivity index (χ1n) is 9.62. The Hall–Kier alpha value is -2.63. The van der Waals surface area contributed by atoms with Gasteiger partial charge in [-0.2, -0.15) is 0 Å². The summed E-state index contributed by atoms with van der Waals surface area (Å²) < 4.78 is 0. The van der Waals surface area contributed by atoms with Crippen molar-refractivity contribution in [2.45, 2.75) is 25.2 Å². The minimum Gasteiger partial charge on any atom is -0.351 e. The molecule has 0 bridgehead atoms. The normalized spacial score (nSPS) is 15.4. The molecule has 1 aromatic heterocycles. The molecule has 0 saturated heterocycles. The largest absolute Gasteiger partial charge is 0.351 e. The van der Waals surface area contributed by atoms with Gasteiger partial charge >= 0.3 is 0 Å². The molecule has 3 aromatic rings. The van der Waals surface area contributed by atoms with Gasteiger partial charge in [-0.3, -0.25) is 9.59 Å². The molecule has 0 spiro atoms. The zero-order valence-electron chi connectivity index (χ0n) is 15.8. The summed E-state index contributed by atoms with van der Waals surface area (Å²) in [6.45, 7) is 0.593. The second-order valence-corrected chi connectivity index (χ2v) is 8.48. The SMILES string of the molecule is O=C(NCC1CCCc2ccccc21)c1ccc(Cl)c(NC(=O)c2cccs2)c1. The zero-order chi connectivity index (χ0) is 20.2. The molecule has 148 valence electrons. The van der Waals surface area contributed by atoms with Crippen molar-refractivity contribution in [3.8, 4) is 0 Å². The number of rotatable bonds is 5. The molecule has 0 saturated carbocycles. The maximum Gasteiger partial charge on any atom is 0.265 e. The van der Waals surface area contributed by atoms with Crippen LogP contribution in [0.5, 0.6) is 0 Å². The monoisotopic (exact) mass is 424 g/mol. The van der Waals surface area contributed by atoms with Crippen LogP contribution in [0, 0.1) is 0 Å². The maximum absolute atomic E-state index is 12.7. The molecule has 6 heteroatoms. The smallest absolute Gasteiger partial charge is 0.265 e. The van der Waals surface area contributed by atoms with Gasteiger partial charge in [-0.15, -0.1) is 11.3 Å². The van der Waals surface area contributed by atoms with E-state index in [-0.39, 0.29) is 11.8 Å². The Morgan fingerprint density at radius 3 is 2.76 bits per heavy atom. The summed E-state index contributed by atoms with van der Waals surface area (Å²) in [6, 6.07) is 16.9. The highest BCUT2D eigenvalue weighted by molar-refractivity contribution is 7.12. The number of fused-ring (bicyclic) bond motifs is 1. The van der Waals surface area contributed by atoms with Crippen molar-refractivity contribution in [3.63, 3.8) is 0 Å². The Bertz CT molecular complexity index is 1030. The van der Waals surface area contributed by atoms with Crippen molar-refractivity contribution < 1.29 is 9.59 Å². The molecular weight excluding hydrogens is 404 g/mol. The van der Waals surface area contributed by atoms with Crippen LogP contribution in [-0.4, -0.2) is 18.4 Å². The van der Waals surface area contributed by atoms with Crippen LogP contribution in [0.1, 0.15) is 49.9 Å². The first-order valence-corrected chi connectivity index (χ1v) is 10.9. The van der Waals surface area contributed by atoms with Crippen LogP contribution in [0.4, 0.5) is 5.69 Å². The third kappa shape index (κ3) is 4.52. The van der Waals surface area contributed by atoms with Gasteiger partial charge in [-0.25, -0.2) is 0 Å². The van der Waals surface area contributed by atoms with Crippen molar-refractivity contribution in [2.24, 2.45) is 0 Å². The predicted molar refractivity (Wildman–Crippen MR) is 118 cm³/mol. The van der Waals surface area contributed by atoms with Crippen LogP contribution >= 0.6 is 22.9 Å². The zero-order valence-corrected chi connectivity index (χ0v) is 17.4. The quantitative estimate of drug-likeness (QED) is 0.567. The van der Waals surface area contributed by atoms with E-state index in [1.165, 1.54) is 22.5 Å². The number of halogens is 1. The van der Waals surface area contributed by atoms with Gasteiger partial charge in [0.1, 0.15) is 0 Å². The fourth-order valence-corrected chi connectivity index (χ4v) is 4.52. The second kappa shape index (κ2) is 8.80. The Morgan fingerprint density at radius 1 is 1.07 bits per heavy atom. The summed E-state index contributed by atoms with van der Waals surface area (Å²) in [5.74, 6) is -0.0798. The van der Waals surface area contributed by atoms with E-state index in [1.807, 2.05) is 11.4 Å². The number of aryl methyl sites for hydroxylation is 1. The van der Waals surface area contributed by atoms with Gasteiger partial charge in [0.25, 0.3) is 11.8 Å². The highest BCUT2D eigenvalue weighted by Crippen LogP contribution is 2.31. The van der Waals surface area contributed by atoms with Crippen molar-refractivity contribution >= 4 is 40.4 Å². The summed E-state index contributed by atoms with van der Waals surface area (Å²) in [5.41, 5.74) is 3.61. The first kappa shape index (κ1) is 19.7.